The zero-order valence-electron chi connectivity index (χ0n) is 13.6. The smallest absolute Gasteiger partial charge is 0.244 e. The SMILES string of the molecule is CC1CN(C(=O)C2(N)C3CCCOC3C2(C)C)C(C)CO1. The van der Waals surface area contributed by atoms with E-state index in [0.29, 0.717) is 13.2 Å². The summed E-state index contributed by atoms with van der Waals surface area (Å²) < 4.78 is 11.5. The highest BCUT2D eigenvalue weighted by atomic mass is 16.5. The van der Waals surface area contributed by atoms with Crippen LogP contribution in [0.2, 0.25) is 0 Å². The van der Waals surface area contributed by atoms with E-state index >= 15 is 0 Å². The summed E-state index contributed by atoms with van der Waals surface area (Å²) in [7, 11) is 0. The second-order valence-corrected chi connectivity index (χ2v) is 7.58. The van der Waals surface area contributed by atoms with Crippen LogP contribution in [0.3, 0.4) is 0 Å². The van der Waals surface area contributed by atoms with Crippen molar-refractivity contribution in [3.63, 3.8) is 0 Å². The highest BCUT2D eigenvalue weighted by Crippen LogP contribution is 2.58. The van der Waals surface area contributed by atoms with Gasteiger partial charge in [-0.05, 0) is 26.7 Å². The molecule has 5 heteroatoms. The lowest BCUT2D eigenvalue weighted by Crippen LogP contribution is -2.83. The fourth-order valence-corrected chi connectivity index (χ4v) is 4.43. The molecule has 5 atom stereocenters. The van der Waals surface area contributed by atoms with E-state index in [-0.39, 0.29) is 35.5 Å². The molecule has 0 spiro atoms. The minimum atomic E-state index is -0.802. The van der Waals surface area contributed by atoms with Crippen LogP contribution in [-0.2, 0) is 14.3 Å². The summed E-state index contributed by atoms with van der Waals surface area (Å²) in [6.07, 6.45) is 2.19. The molecule has 3 aliphatic rings. The average molecular weight is 296 g/mol. The number of nitrogens with zero attached hydrogens (tertiary/aromatic N) is 1. The number of fused-ring (bicyclic) bond motifs is 1. The Morgan fingerprint density at radius 2 is 2.00 bits per heavy atom. The van der Waals surface area contributed by atoms with Gasteiger partial charge in [-0.2, -0.15) is 0 Å². The molecule has 0 aromatic rings. The van der Waals surface area contributed by atoms with Gasteiger partial charge in [-0.25, -0.2) is 0 Å². The Morgan fingerprint density at radius 3 is 2.71 bits per heavy atom. The van der Waals surface area contributed by atoms with Crippen molar-refractivity contribution in [3.05, 3.63) is 0 Å². The summed E-state index contributed by atoms with van der Waals surface area (Å²) in [4.78, 5) is 15.1. The summed E-state index contributed by atoms with van der Waals surface area (Å²) >= 11 is 0. The number of hydrogen-bond acceptors (Lipinski definition) is 4. The minimum Gasteiger partial charge on any atom is -0.377 e. The van der Waals surface area contributed by atoms with Crippen LogP contribution in [0.5, 0.6) is 0 Å². The van der Waals surface area contributed by atoms with Crippen molar-refractivity contribution in [3.8, 4) is 0 Å². The second kappa shape index (κ2) is 4.93. The monoisotopic (exact) mass is 296 g/mol. The van der Waals surface area contributed by atoms with Crippen LogP contribution in [0.15, 0.2) is 0 Å². The number of morpholine rings is 1. The molecule has 5 unspecified atom stereocenters. The number of carbonyl (C=O) groups excluding carboxylic acids is 1. The van der Waals surface area contributed by atoms with Gasteiger partial charge in [0.1, 0.15) is 5.54 Å². The molecule has 5 nitrogen and oxygen atoms in total. The quantitative estimate of drug-likeness (QED) is 0.788. The topological polar surface area (TPSA) is 64.8 Å². The molecular weight excluding hydrogens is 268 g/mol. The first-order chi connectivity index (χ1) is 9.80. The van der Waals surface area contributed by atoms with Crippen LogP contribution in [-0.4, -0.2) is 54.4 Å². The number of hydrogen-bond donors (Lipinski definition) is 1. The molecule has 1 aliphatic carbocycles. The third kappa shape index (κ3) is 1.97. The number of rotatable bonds is 1. The van der Waals surface area contributed by atoms with E-state index in [1.165, 1.54) is 0 Å². The van der Waals surface area contributed by atoms with Crippen molar-refractivity contribution in [2.24, 2.45) is 17.1 Å². The number of nitrogens with two attached hydrogens (primary N) is 1. The van der Waals surface area contributed by atoms with Crippen molar-refractivity contribution in [2.75, 3.05) is 19.8 Å². The number of ether oxygens (including phenoxy) is 2. The first-order valence-electron chi connectivity index (χ1n) is 8.13. The van der Waals surface area contributed by atoms with Gasteiger partial charge in [0.2, 0.25) is 5.91 Å². The van der Waals surface area contributed by atoms with E-state index in [2.05, 4.69) is 13.8 Å². The Kier molecular flexibility index (Phi) is 3.58. The third-order valence-corrected chi connectivity index (χ3v) is 5.91. The van der Waals surface area contributed by atoms with Crippen LogP contribution >= 0.6 is 0 Å². The van der Waals surface area contributed by atoms with Crippen LogP contribution < -0.4 is 5.73 Å². The molecule has 3 rings (SSSR count). The first kappa shape index (κ1) is 15.3. The molecule has 3 fully saturated rings. The molecule has 21 heavy (non-hydrogen) atoms. The molecule has 2 heterocycles. The molecule has 2 saturated heterocycles. The van der Waals surface area contributed by atoms with Gasteiger partial charge in [0.25, 0.3) is 0 Å². The summed E-state index contributed by atoms with van der Waals surface area (Å²) in [6.45, 7) is 10.2. The highest BCUT2D eigenvalue weighted by molar-refractivity contribution is 5.90. The Morgan fingerprint density at radius 1 is 1.29 bits per heavy atom. The summed E-state index contributed by atoms with van der Waals surface area (Å²) in [6, 6.07) is 0.0912. The van der Waals surface area contributed by atoms with Gasteiger partial charge >= 0.3 is 0 Å². The molecule has 2 aliphatic heterocycles. The number of carbonyl (C=O) groups is 1. The maximum Gasteiger partial charge on any atom is 0.244 e. The van der Waals surface area contributed by atoms with Crippen LogP contribution in [0.25, 0.3) is 0 Å². The van der Waals surface area contributed by atoms with Gasteiger partial charge in [-0.3, -0.25) is 4.79 Å². The van der Waals surface area contributed by atoms with Crippen molar-refractivity contribution in [2.45, 2.75) is 64.3 Å². The first-order valence-corrected chi connectivity index (χ1v) is 8.13. The predicted octanol–water partition coefficient (Wildman–Crippen LogP) is 1.15. The maximum absolute atomic E-state index is 13.2. The van der Waals surface area contributed by atoms with Gasteiger partial charge in [0.15, 0.2) is 0 Å². The lowest BCUT2D eigenvalue weighted by Gasteiger charge is -2.66. The molecule has 0 radical (unpaired) electrons. The van der Waals surface area contributed by atoms with Crippen molar-refractivity contribution in [1.82, 2.24) is 4.90 Å². The van der Waals surface area contributed by atoms with Crippen LogP contribution in [0.1, 0.15) is 40.5 Å². The van der Waals surface area contributed by atoms with E-state index in [0.717, 1.165) is 19.4 Å². The van der Waals surface area contributed by atoms with E-state index in [1.54, 1.807) is 0 Å². The molecule has 0 bridgehead atoms. The fraction of sp³-hybridized carbons (Fsp3) is 0.938. The molecule has 1 amide bonds. The van der Waals surface area contributed by atoms with Crippen molar-refractivity contribution < 1.29 is 14.3 Å². The van der Waals surface area contributed by atoms with Gasteiger partial charge in [-0.15, -0.1) is 0 Å². The minimum absolute atomic E-state index is 0.0790. The fourth-order valence-electron chi connectivity index (χ4n) is 4.43. The molecule has 2 N–H and O–H groups in total. The lowest BCUT2D eigenvalue weighted by atomic mass is 9.46. The van der Waals surface area contributed by atoms with E-state index in [4.69, 9.17) is 15.2 Å². The summed E-state index contributed by atoms with van der Waals surface area (Å²) in [5, 5.41) is 0. The number of amides is 1. The highest BCUT2D eigenvalue weighted by Gasteiger charge is 2.71. The van der Waals surface area contributed by atoms with Gasteiger partial charge in [0, 0.05) is 24.5 Å². The maximum atomic E-state index is 13.2. The van der Waals surface area contributed by atoms with E-state index < -0.39 is 5.54 Å². The largest absolute Gasteiger partial charge is 0.377 e. The Balaban J connectivity index is 1.85. The standard InChI is InChI=1S/C16H28N2O3/c1-10-9-21-11(2)8-18(10)14(19)16(17)12-6-5-7-20-13(12)15(16,3)4/h10-13H,5-9,17H2,1-4H3. The van der Waals surface area contributed by atoms with Crippen molar-refractivity contribution in [1.29, 1.82) is 0 Å². The zero-order chi connectivity index (χ0) is 15.4. The van der Waals surface area contributed by atoms with Crippen LogP contribution in [0, 0.1) is 11.3 Å². The Bertz CT molecular complexity index is 439. The molecule has 0 aromatic carbocycles. The molecule has 1 saturated carbocycles. The summed E-state index contributed by atoms with van der Waals surface area (Å²) in [5.41, 5.74) is 5.59. The van der Waals surface area contributed by atoms with Crippen molar-refractivity contribution >= 4 is 5.91 Å². The normalized spacial score (nSPS) is 45.7. The molecule has 0 aromatic heterocycles. The van der Waals surface area contributed by atoms with Gasteiger partial charge < -0.3 is 20.1 Å². The predicted molar refractivity (Wildman–Crippen MR) is 79.8 cm³/mol. The van der Waals surface area contributed by atoms with E-state index in [1.807, 2.05) is 18.7 Å². The third-order valence-electron chi connectivity index (χ3n) is 5.91. The second-order valence-electron chi connectivity index (χ2n) is 7.58. The Hall–Kier alpha value is -0.650. The summed E-state index contributed by atoms with van der Waals surface area (Å²) in [5.74, 6) is 0.237. The van der Waals surface area contributed by atoms with Gasteiger partial charge in [0.05, 0.1) is 24.9 Å². The molecule has 120 valence electrons. The zero-order valence-corrected chi connectivity index (χ0v) is 13.6. The Labute approximate surface area is 127 Å². The average Bonchev–Trinajstić information content (AvgIpc) is 2.48. The lowest BCUT2D eigenvalue weighted by molar-refractivity contribution is -0.233. The van der Waals surface area contributed by atoms with E-state index in [9.17, 15) is 4.79 Å². The van der Waals surface area contributed by atoms with Crippen LogP contribution in [0.4, 0.5) is 0 Å². The van der Waals surface area contributed by atoms with Gasteiger partial charge in [-0.1, -0.05) is 13.8 Å². The molecular formula is C16H28N2O3.